The number of esters is 1. The van der Waals surface area contributed by atoms with Crippen LogP contribution in [0, 0.1) is 12.3 Å². The van der Waals surface area contributed by atoms with Crippen molar-refractivity contribution in [1.29, 1.82) is 0 Å². The SMILES string of the molecule is C#CCNC(=O)COC(=O)COc1ccccc1C(C)(C)C. The Hall–Kier alpha value is -2.48. The minimum Gasteiger partial charge on any atom is -0.482 e. The van der Waals surface area contributed by atoms with Gasteiger partial charge in [0.15, 0.2) is 13.2 Å². The van der Waals surface area contributed by atoms with Crippen LogP contribution in [0.1, 0.15) is 26.3 Å². The van der Waals surface area contributed by atoms with Crippen molar-refractivity contribution in [2.75, 3.05) is 19.8 Å². The third-order valence-corrected chi connectivity index (χ3v) is 2.79. The maximum Gasteiger partial charge on any atom is 0.344 e. The van der Waals surface area contributed by atoms with Crippen LogP contribution in [0.4, 0.5) is 0 Å². The molecule has 1 amide bonds. The van der Waals surface area contributed by atoms with Gasteiger partial charge >= 0.3 is 5.97 Å². The number of carbonyl (C=O) groups is 2. The van der Waals surface area contributed by atoms with Crippen molar-refractivity contribution in [1.82, 2.24) is 5.32 Å². The summed E-state index contributed by atoms with van der Waals surface area (Å²) in [6, 6.07) is 7.51. The summed E-state index contributed by atoms with van der Waals surface area (Å²) in [6.07, 6.45) is 5.00. The molecule has 1 aromatic rings. The number of para-hydroxylation sites is 1. The fraction of sp³-hybridized carbons (Fsp3) is 0.412. The molecule has 1 aromatic carbocycles. The molecule has 1 rings (SSSR count). The molecule has 0 atom stereocenters. The lowest BCUT2D eigenvalue weighted by atomic mass is 9.86. The first-order valence-corrected chi connectivity index (χ1v) is 6.92. The number of benzene rings is 1. The zero-order valence-corrected chi connectivity index (χ0v) is 13.1. The molecule has 0 fully saturated rings. The first-order valence-electron chi connectivity index (χ1n) is 6.92. The van der Waals surface area contributed by atoms with Crippen LogP contribution in [0.2, 0.25) is 0 Å². The fourth-order valence-corrected chi connectivity index (χ4v) is 1.74. The minimum absolute atomic E-state index is 0.102. The lowest BCUT2D eigenvalue weighted by Crippen LogP contribution is -2.30. The van der Waals surface area contributed by atoms with Gasteiger partial charge in [-0.2, -0.15) is 0 Å². The molecule has 0 heterocycles. The predicted molar refractivity (Wildman–Crippen MR) is 83.4 cm³/mol. The van der Waals surface area contributed by atoms with Crippen LogP contribution in [0.3, 0.4) is 0 Å². The van der Waals surface area contributed by atoms with E-state index in [9.17, 15) is 9.59 Å². The molecule has 0 aliphatic rings. The molecule has 0 aromatic heterocycles. The van der Waals surface area contributed by atoms with Crippen LogP contribution in [0.25, 0.3) is 0 Å². The van der Waals surface area contributed by atoms with Crippen molar-refractivity contribution in [3.8, 4) is 18.1 Å². The van der Waals surface area contributed by atoms with Crippen molar-refractivity contribution < 1.29 is 19.1 Å². The van der Waals surface area contributed by atoms with E-state index in [1.165, 1.54) is 0 Å². The van der Waals surface area contributed by atoms with Crippen LogP contribution in [0.15, 0.2) is 24.3 Å². The summed E-state index contributed by atoms with van der Waals surface area (Å²) >= 11 is 0. The second kappa shape index (κ2) is 8.08. The van der Waals surface area contributed by atoms with Gasteiger partial charge < -0.3 is 14.8 Å². The molecule has 0 unspecified atom stereocenters. The molecular weight excluding hydrogens is 282 g/mol. The van der Waals surface area contributed by atoms with E-state index in [0.717, 1.165) is 5.56 Å². The van der Waals surface area contributed by atoms with Gasteiger partial charge in [0, 0.05) is 0 Å². The Morgan fingerprint density at radius 2 is 1.91 bits per heavy atom. The Kier molecular flexibility index (Phi) is 6.46. The molecule has 0 bridgehead atoms. The smallest absolute Gasteiger partial charge is 0.344 e. The third-order valence-electron chi connectivity index (χ3n) is 2.79. The molecule has 5 nitrogen and oxygen atoms in total. The van der Waals surface area contributed by atoms with E-state index < -0.39 is 11.9 Å². The summed E-state index contributed by atoms with van der Waals surface area (Å²) < 4.78 is 10.3. The number of ether oxygens (including phenoxy) is 2. The second-order valence-corrected chi connectivity index (χ2v) is 5.68. The van der Waals surface area contributed by atoms with E-state index >= 15 is 0 Å². The highest BCUT2D eigenvalue weighted by Gasteiger charge is 2.19. The Morgan fingerprint density at radius 1 is 1.23 bits per heavy atom. The van der Waals surface area contributed by atoms with Gasteiger partial charge in [-0.05, 0) is 17.0 Å². The first kappa shape index (κ1) is 17.6. The van der Waals surface area contributed by atoms with E-state index in [0.29, 0.717) is 5.75 Å². The summed E-state index contributed by atoms with van der Waals surface area (Å²) in [7, 11) is 0. The Morgan fingerprint density at radius 3 is 2.55 bits per heavy atom. The van der Waals surface area contributed by atoms with Crippen molar-refractivity contribution in [3.63, 3.8) is 0 Å². The van der Waals surface area contributed by atoms with Gasteiger partial charge in [0.1, 0.15) is 5.75 Å². The summed E-state index contributed by atoms with van der Waals surface area (Å²) in [5.41, 5.74) is 0.893. The Balaban J connectivity index is 2.49. The number of amides is 1. The highest BCUT2D eigenvalue weighted by molar-refractivity contribution is 5.81. The molecule has 5 heteroatoms. The standard InChI is InChI=1S/C17H21NO4/c1-5-10-18-15(19)11-22-16(20)12-21-14-9-7-6-8-13(14)17(2,3)4/h1,6-9H,10-12H2,2-4H3,(H,18,19). The van der Waals surface area contributed by atoms with Gasteiger partial charge in [-0.15, -0.1) is 6.42 Å². The lowest BCUT2D eigenvalue weighted by Gasteiger charge is -2.22. The molecular formula is C17H21NO4. The van der Waals surface area contributed by atoms with E-state index in [1.807, 2.05) is 18.2 Å². The normalized spacial score (nSPS) is 10.5. The van der Waals surface area contributed by atoms with Crippen molar-refractivity contribution >= 4 is 11.9 Å². The molecule has 0 aliphatic carbocycles. The monoisotopic (exact) mass is 303 g/mol. The maximum atomic E-state index is 11.6. The van der Waals surface area contributed by atoms with Gasteiger partial charge in [-0.1, -0.05) is 44.9 Å². The van der Waals surface area contributed by atoms with Gasteiger partial charge in [-0.3, -0.25) is 4.79 Å². The summed E-state index contributed by atoms with van der Waals surface area (Å²) in [4.78, 5) is 22.8. The molecule has 0 radical (unpaired) electrons. The van der Waals surface area contributed by atoms with Crippen molar-refractivity contribution in [2.24, 2.45) is 0 Å². The number of terminal acetylenes is 1. The Labute approximate surface area is 131 Å². The molecule has 1 N–H and O–H groups in total. The number of rotatable bonds is 6. The van der Waals surface area contributed by atoms with Gasteiger partial charge in [0.2, 0.25) is 0 Å². The summed E-state index contributed by atoms with van der Waals surface area (Å²) in [5, 5.41) is 2.40. The minimum atomic E-state index is -0.612. The van der Waals surface area contributed by atoms with Crippen LogP contribution in [0.5, 0.6) is 5.75 Å². The quantitative estimate of drug-likeness (QED) is 0.641. The molecule has 0 saturated heterocycles. The van der Waals surface area contributed by atoms with E-state index in [1.54, 1.807) is 6.07 Å². The van der Waals surface area contributed by atoms with E-state index in [2.05, 4.69) is 32.0 Å². The highest BCUT2D eigenvalue weighted by atomic mass is 16.6. The second-order valence-electron chi connectivity index (χ2n) is 5.68. The van der Waals surface area contributed by atoms with Gasteiger partial charge in [-0.25, -0.2) is 4.79 Å². The average molecular weight is 303 g/mol. The number of hydrogen-bond donors (Lipinski definition) is 1. The largest absolute Gasteiger partial charge is 0.482 e. The summed E-state index contributed by atoms with van der Waals surface area (Å²) in [6.45, 7) is 5.65. The number of hydrogen-bond acceptors (Lipinski definition) is 4. The molecule has 118 valence electrons. The topological polar surface area (TPSA) is 64.6 Å². The summed E-state index contributed by atoms with van der Waals surface area (Å²) in [5.74, 6) is 1.83. The predicted octanol–water partition coefficient (Wildman–Crippen LogP) is 1.66. The zero-order chi connectivity index (χ0) is 16.6. The van der Waals surface area contributed by atoms with E-state index in [4.69, 9.17) is 15.9 Å². The third kappa shape index (κ3) is 5.88. The van der Waals surface area contributed by atoms with Crippen LogP contribution in [-0.4, -0.2) is 31.6 Å². The highest BCUT2D eigenvalue weighted by Crippen LogP contribution is 2.30. The number of carbonyl (C=O) groups excluding carboxylic acids is 2. The Bertz CT molecular complexity index is 567. The molecule has 22 heavy (non-hydrogen) atoms. The fourth-order valence-electron chi connectivity index (χ4n) is 1.74. The van der Waals surface area contributed by atoms with Crippen molar-refractivity contribution in [3.05, 3.63) is 29.8 Å². The van der Waals surface area contributed by atoms with Crippen LogP contribution in [-0.2, 0) is 19.7 Å². The van der Waals surface area contributed by atoms with Crippen molar-refractivity contribution in [2.45, 2.75) is 26.2 Å². The molecule has 0 aliphatic heterocycles. The first-order chi connectivity index (χ1) is 10.3. The molecule has 0 spiro atoms. The zero-order valence-electron chi connectivity index (χ0n) is 13.1. The van der Waals surface area contributed by atoms with Gasteiger partial charge in [0.25, 0.3) is 5.91 Å². The van der Waals surface area contributed by atoms with Gasteiger partial charge in [0.05, 0.1) is 6.54 Å². The molecule has 0 saturated carbocycles. The van der Waals surface area contributed by atoms with Crippen LogP contribution >= 0.6 is 0 Å². The maximum absolute atomic E-state index is 11.6. The lowest BCUT2D eigenvalue weighted by molar-refractivity contribution is -0.150. The van der Waals surface area contributed by atoms with E-state index in [-0.39, 0.29) is 25.2 Å². The average Bonchev–Trinajstić information content (AvgIpc) is 2.48. The van der Waals surface area contributed by atoms with Crippen LogP contribution < -0.4 is 10.1 Å². The number of nitrogens with one attached hydrogen (secondary N) is 1.